The van der Waals surface area contributed by atoms with E-state index in [1.54, 1.807) is 91.9 Å². The van der Waals surface area contributed by atoms with Crippen LogP contribution in [0.1, 0.15) is 127 Å². The average Bonchev–Trinajstić information content (AvgIpc) is 1.55. The summed E-state index contributed by atoms with van der Waals surface area (Å²) in [6.45, 7) is 12.6. The number of fused-ring (bicyclic) bond motifs is 3. The number of hydrogen-bond donors (Lipinski definition) is 0. The lowest BCUT2D eigenvalue weighted by Gasteiger charge is -2.34. The molecule has 0 saturated heterocycles. The lowest BCUT2D eigenvalue weighted by Crippen LogP contribution is -2.28. The summed E-state index contributed by atoms with van der Waals surface area (Å²) >= 11 is 12.0. The van der Waals surface area contributed by atoms with Crippen LogP contribution in [0.4, 0.5) is 0 Å². The number of Topliss-reactive ketones (excluding diaryl/α,β-unsaturated/α-hetero) is 1. The maximum atomic E-state index is 12.9. The fourth-order valence-corrected chi connectivity index (χ4v) is 13.1. The first-order chi connectivity index (χ1) is 47.9. The first-order valence-corrected chi connectivity index (χ1v) is 33.6. The Bertz CT molecular complexity index is 4980. The summed E-state index contributed by atoms with van der Waals surface area (Å²) in [6, 6.07) is 103. The predicted molar refractivity (Wildman–Crippen MR) is 398 cm³/mol. The fraction of sp³-hybridized carbons (Fsp3) is 0.100. The van der Waals surface area contributed by atoms with Crippen molar-refractivity contribution in [3.8, 4) is 57.1 Å². The molecule has 0 heterocycles. The van der Waals surface area contributed by atoms with Crippen LogP contribution in [0, 0.1) is 6.92 Å². The van der Waals surface area contributed by atoms with Gasteiger partial charge in [0, 0.05) is 48.7 Å². The van der Waals surface area contributed by atoms with Crippen molar-refractivity contribution in [2.24, 2.45) is 0 Å². The van der Waals surface area contributed by atoms with Crippen molar-refractivity contribution in [3.05, 3.63) is 403 Å². The molecule has 0 radical (unpaired) electrons. The Labute approximate surface area is 588 Å². The number of ether oxygens (including phenoxy) is 4. The maximum Gasteiger partial charge on any atom is 0.193 e. The van der Waals surface area contributed by atoms with Gasteiger partial charge >= 0.3 is 0 Å². The van der Waals surface area contributed by atoms with E-state index in [2.05, 4.69) is 180 Å². The summed E-state index contributed by atoms with van der Waals surface area (Å²) < 4.78 is 24.6. The van der Waals surface area contributed by atoms with Gasteiger partial charge < -0.3 is 18.9 Å². The molecule has 0 unspecified atom stereocenters. The predicted octanol–water partition coefficient (Wildman–Crippen LogP) is 23.8. The van der Waals surface area contributed by atoms with Crippen molar-refractivity contribution in [3.63, 3.8) is 0 Å². The number of halogens is 2. The number of carbonyl (C=O) groups is 3. The average molecular weight is 1330 g/mol. The van der Waals surface area contributed by atoms with Crippen LogP contribution in [0.5, 0.6) is 46.0 Å². The summed E-state index contributed by atoms with van der Waals surface area (Å²) in [5.74, 6) is 5.65. The van der Waals surface area contributed by atoms with Gasteiger partial charge in [0.05, 0.1) is 5.41 Å². The highest BCUT2D eigenvalue weighted by atomic mass is 35.5. The van der Waals surface area contributed by atoms with Crippen LogP contribution in [0.25, 0.3) is 11.1 Å². The van der Waals surface area contributed by atoms with Gasteiger partial charge in [0.2, 0.25) is 0 Å². The summed E-state index contributed by atoms with van der Waals surface area (Å²) in [6.07, 6.45) is 0. The lowest BCUT2D eigenvalue weighted by atomic mass is 9.68. The summed E-state index contributed by atoms with van der Waals surface area (Å²) in [4.78, 5) is 37.3. The van der Waals surface area contributed by atoms with E-state index in [4.69, 9.17) is 42.1 Å². The van der Waals surface area contributed by atoms with Crippen molar-refractivity contribution >= 4 is 40.6 Å². The molecule has 0 bridgehead atoms. The van der Waals surface area contributed by atoms with Crippen LogP contribution in [-0.4, -0.2) is 17.3 Å². The Morgan fingerprint density at radius 2 is 0.576 bits per heavy atom. The van der Waals surface area contributed by atoms with Crippen LogP contribution < -0.4 is 18.9 Å². The SMILES string of the molecule is CC(=O)c1ccc(Oc2ccc(C(C)(C)c3cccc(C(C)(C)c4ccc(Oc5ccc(C(=O)c6ccc(Cl)cc6)cc5)cc4)c3)cc2)cc1.Cc1ccc(Oc2ccc(C3(c4ccc(Oc5ccc(C(=O)c6ccc(Cl)cc6)cc5)cc4)c4ccccc4-c4ccccc43)cc2)cc1. The van der Waals surface area contributed by atoms with Gasteiger partial charge in [0.15, 0.2) is 17.3 Å². The standard InChI is InChI=1S/C45H39ClO4.C45H31ClO3/c1-30(47)31-11-21-39(22-12-31)49-41-25-15-34(16-26-41)44(2,3)36-7-6-8-37(29-36)45(4,5)35-17-27-42(28-18-35)50-40-23-13-33(14-24-40)43(48)32-9-19-38(46)20-10-32;1-30-10-22-36(23-11-30)48-38-26-16-33(17-27-38)45(42-8-4-2-6-40(42)41-7-3-5-9-43(41)45)34-18-28-39(29-19-34)49-37-24-14-32(15-25-37)44(47)31-12-20-35(46)21-13-31/h6-29H,1-5H3;2-29H,1H3. The van der Waals surface area contributed by atoms with E-state index >= 15 is 0 Å². The molecule has 0 saturated carbocycles. The third-order valence-electron chi connectivity index (χ3n) is 18.7. The van der Waals surface area contributed by atoms with E-state index < -0.39 is 5.41 Å². The Morgan fingerprint density at radius 1 is 0.303 bits per heavy atom. The summed E-state index contributed by atoms with van der Waals surface area (Å²) in [5, 5.41) is 1.19. The van der Waals surface area contributed by atoms with E-state index in [1.807, 2.05) is 84.9 Å². The van der Waals surface area contributed by atoms with Crippen molar-refractivity contribution in [2.45, 2.75) is 57.8 Å². The van der Waals surface area contributed by atoms with E-state index in [1.165, 1.54) is 50.1 Å². The number of benzene rings is 13. The topological polar surface area (TPSA) is 88.1 Å². The summed E-state index contributed by atoms with van der Waals surface area (Å²) in [7, 11) is 0. The molecular weight excluding hydrogens is 1260 g/mol. The zero-order valence-corrected chi connectivity index (χ0v) is 57.1. The van der Waals surface area contributed by atoms with Crippen molar-refractivity contribution in [1.29, 1.82) is 0 Å². The van der Waals surface area contributed by atoms with Gasteiger partial charge in [0.1, 0.15) is 46.0 Å². The minimum absolute atomic E-state index is 0.0317. The highest BCUT2D eigenvalue weighted by Crippen LogP contribution is 2.56. The molecule has 1 aliphatic carbocycles. The molecule has 1 aliphatic rings. The smallest absolute Gasteiger partial charge is 0.193 e. The first kappa shape index (κ1) is 66.3. The molecule has 7 nitrogen and oxygen atoms in total. The van der Waals surface area contributed by atoms with Crippen molar-refractivity contribution in [1.82, 2.24) is 0 Å². The van der Waals surface area contributed by atoms with Crippen LogP contribution >= 0.6 is 23.2 Å². The van der Waals surface area contributed by atoms with Gasteiger partial charge in [-0.1, -0.05) is 190 Å². The number of ketones is 3. The second-order valence-corrected chi connectivity index (χ2v) is 26.7. The Hall–Kier alpha value is -11.4. The van der Waals surface area contributed by atoms with E-state index in [-0.39, 0.29) is 28.2 Å². The van der Waals surface area contributed by atoms with Gasteiger partial charge in [-0.05, 0) is 251 Å². The molecule has 0 aliphatic heterocycles. The zero-order valence-electron chi connectivity index (χ0n) is 55.6. The molecule has 99 heavy (non-hydrogen) atoms. The Morgan fingerprint density at radius 3 is 0.899 bits per heavy atom. The highest BCUT2D eigenvalue weighted by Gasteiger charge is 2.46. The molecule has 0 spiro atoms. The number of carbonyl (C=O) groups excluding carboxylic acids is 3. The van der Waals surface area contributed by atoms with Crippen LogP contribution in [0.2, 0.25) is 10.0 Å². The monoisotopic (exact) mass is 1330 g/mol. The second kappa shape index (κ2) is 28.4. The van der Waals surface area contributed by atoms with Gasteiger partial charge in [-0.3, -0.25) is 14.4 Å². The van der Waals surface area contributed by atoms with Crippen molar-refractivity contribution < 1.29 is 33.3 Å². The van der Waals surface area contributed by atoms with Gasteiger partial charge in [-0.2, -0.15) is 0 Å². The molecule has 14 rings (SSSR count). The Balaban J connectivity index is 0.000000178. The second-order valence-electron chi connectivity index (χ2n) is 25.8. The molecular formula is C90H70Cl2O7. The van der Waals surface area contributed by atoms with E-state index in [0.29, 0.717) is 60.9 Å². The molecule has 0 aromatic heterocycles. The molecule has 9 heteroatoms. The maximum absolute atomic E-state index is 12.9. The minimum Gasteiger partial charge on any atom is -0.457 e. The van der Waals surface area contributed by atoms with Gasteiger partial charge in [-0.25, -0.2) is 0 Å². The molecule has 0 fully saturated rings. The number of hydrogen-bond acceptors (Lipinski definition) is 7. The highest BCUT2D eigenvalue weighted by molar-refractivity contribution is 6.31. The molecule has 13 aromatic rings. The Kier molecular flexibility index (Phi) is 19.0. The number of aryl methyl sites for hydroxylation is 1. The molecule has 0 amide bonds. The number of rotatable bonds is 19. The first-order valence-electron chi connectivity index (χ1n) is 32.8. The minimum atomic E-state index is -0.544. The van der Waals surface area contributed by atoms with Crippen LogP contribution in [-0.2, 0) is 16.2 Å². The summed E-state index contributed by atoms with van der Waals surface area (Å²) in [5.41, 5.74) is 15.1. The largest absolute Gasteiger partial charge is 0.457 e. The molecule has 0 atom stereocenters. The third kappa shape index (κ3) is 14.3. The normalized spacial score (nSPS) is 12.0. The molecule has 13 aromatic carbocycles. The fourth-order valence-electron chi connectivity index (χ4n) is 12.9. The van der Waals surface area contributed by atoms with Crippen molar-refractivity contribution in [2.75, 3.05) is 0 Å². The lowest BCUT2D eigenvalue weighted by molar-refractivity contribution is 0.101. The zero-order chi connectivity index (χ0) is 68.8. The quantitative estimate of drug-likeness (QED) is 0.0745. The van der Waals surface area contributed by atoms with Crippen LogP contribution in [0.3, 0.4) is 0 Å². The van der Waals surface area contributed by atoms with Crippen LogP contribution in [0.15, 0.2) is 315 Å². The van der Waals surface area contributed by atoms with Gasteiger partial charge in [-0.15, -0.1) is 0 Å². The third-order valence-corrected chi connectivity index (χ3v) is 19.2. The van der Waals surface area contributed by atoms with E-state index in [0.717, 1.165) is 34.1 Å². The van der Waals surface area contributed by atoms with E-state index in [9.17, 15) is 14.4 Å². The molecule has 0 N–H and O–H groups in total. The van der Waals surface area contributed by atoms with Gasteiger partial charge in [0.25, 0.3) is 0 Å². The molecule has 486 valence electrons.